The number of benzene rings is 2. The van der Waals surface area contributed by atoms with Crippen LogP contribution in [0.15, 0.2) is 60.0 Å². The van der Waals surface area contributed by atoms with Gasteiger partial charge in [-0.25, -0.2) is 0 Å². The van der Waals surface area contributed by atoms with E-state index in [1.54, 1.807) is 0 Å². The van der Waals surface area contributed by atoms with Gasteiger partial charge in [0.1, 0.15) is 6.10 Å². The summed E-state index contributed by atoms with van der Waals surface area (Å²) in [6.07, 6.45) is -0.758. The predicted octanol–water partition coefficient (Wildman–Crippen LogP) is 3.99. The lowest BCUT2D eigenvalue weighted by atomic mass is 10.1. The molecule has 0 aliphatic carbocycles. The van der Waals surface area contributed by atoms with Gasteiger partial charge in [-0.1, -0.05) is 54.3 Å². The Bertz CT molecular complexity index is 865. The average molecular weight is 288 g/mol. The summed E-state index contributed by atoms with van der Waals surface area (Å²) in [5, 5.41) is 14.0. The molecule has 0 saturated heterocycles. The number of hydrogen-bond donors (Lipinski definition) is 1. The number of aliphatic hydroxyl groups is 1. The molecule has 1 heterocycles. The van der Waals surface area contributed by atoms with Gasteiger partial charge in [0.25, 0.3) is 0 Å². The largest absolute Gasteiger partial charge is 0.375 e. The first-order valence-corrected chi connectivity index (χ1v) is 7.43. The molecule has 0 bridgehead atoms. The Balaban J connectivity index is 1.84. The van der Waals surface area contributed by atoms with Gasteiger partial charge in [-0.05, 0) is 40.1 Å². The third kappa shape index (κ3) is 3.15. The smallest absolute Gasteiger partial charge is 0.150 e. The predicted molar refractivity (Wildman–Crippen MR) is 87.9 cm³/mol. The molecule has 0 fully saturated rings. The highest BCUT2D eigenvalue weighted by molar-refractivity contribution is 7.10. The molecule has 1 unspecified atom stereocenters. The van der Waals surface area contributed by atoms with Crippen molar-refractivity contribution in [3.63, 3.8) is 0 Å². The number of thiophene rings is 1. The van der Waals surface area contributed by atoms with E-state index in [2.05, 4.69) is 35.8 Å². The second-order valence-corrected chi connectivity index (χ2v) is 5.44. The molecule has 0 amide bonds. The van der Waals surface area contributed by atoms with Crippen LogP contribution in [0.2, 0.25) is 0 Å². The molecular formula is C19H12OS. The normalized spacial score (nSPS) is 11.1. The van der Waals surface area contributed by atoms with Crippen LogP contribution in [-0.2, 0) is 0 Å². The van der Waals surface area contributed by atoms with E-state index in [-0.39, 0.29) is 0 Å². The van der Waals surface area contributed by atoms with E-state index >= 15 is 0 Å². The Kier molecular flexibility index (Phi) is 4.03. The Morgan fingerprint density at radius 3 is 2.62 bits per heavy atom. The minimum Gasteiger partial charge on any atom is -0.375 e. The second-order valence-electron chi connectivity index (χ2n) is 4.46. The van der Waals surface area contributed by atoms with E-state index in [0.29, 0.717) is 0 Å². The van der Waals surface area contributed by atoms with E-state index in [1.165, 1.54) is 11.3 Å². The topological polar surface area (TPSA) is 20.2 Å². The Hall–Kier alpha value is -2.52. The summed E-state index contributed by atoms with van der Waals surface area (Å²) in [5.74, 6) is 11.4. The maximum atomic E-state index is 9.85. The Morgan fingerprint density at radius 2 is 1.76 bits per heavy atom. The SMILES string of the molecule is OC(C#CC#Cc1cccc2ccccc12)c1cccs1. The molecule has 3 rings (SSSR count). The molecular weight excluding hydrogens is 276 g/mol. The average Bonchev–Trinajstić information content (AvgIpc) is 3.06. The zero-order valence-electron chi connectivity index (χ0n) is 11.2. The molecule has 0 aliphatic heterocycles. The van der Waals surface area contributed by atoms with Gasteiger partial charge in [-0.15, -0.1) is 11.3 Å². The van der Waals surface area contributed by atoms with Gasteiger partial charge >= 0.3 is 0 Å². The van der Waals surface area contributed by atoms with Gasteiger partial charge in [-0.2, -0.15) is 0 Å². The van der Waals surface area contributed by atoms with Gasteiger partial charge in [0.15, 0.2) is 0 Å². The van der Waals surface area contributed by atoms with E-state index in [1.807, 2.05) is 47.8 Å². The lowest BCUT2D eigenvalue weighted by Gasteiger charge is -1.98. The lowest BCUT2D eigenvalue weighted by Crippen LogP contribution is -1.88. The van der Waals surface area contributed by atoms with Crippen LogP contribution < -0.4 is 0 Å². The van der Waals surface area contributed by atoms with Crippen molar-refractivity contribution >= 4 is 22.1 Å². The number of aliphatic hydroxyl groups excluding tert-OH is 1. The van der Waals surface area contributed by atoms with Gasteiger partial charge in [0, 0.05) is 10.4 Å². The molecule has 1 nitrogen and oxygen atoms in total. The third-order valence-electron chi connectivity index (χ3n) is 3.07. The van der Waals surface area contributed by atoms with Crippen LogP contribution in [-0.4, -0.2) is 5.11 Å². The molecule has 1 aromatic heterocycles. The molecule has 0 spiro atoms. The van der Waals surface area contributed by atoms with Crippen LogP contribution in [0.4, 0.5) is 0 Å². The van der Waals surface area contributed by atoms with Gasteiger partial charge in [0.2, 0.25) is 0 Å². The zero-order chi connectivity index (χ0) is 14.5. The molecule has 3 aromatic rings. The minimum absolute atomic E-state index is 0.758. The van der Waals surface area contributed by atoms with Gasteiger partial charge in [0.05, 0.1) is 0 Å². The lowest BCUT2D eigenvalue weighted by molar-refractivity contribution is 0.242. The van der Waals surface area contributed by atoms with Crippen molar-refractivity contribution in [1.82, 2.24) is 0 Å². The number of hydrogen-bond acceptors (Lipinski definition) is 2. The van der Waals surface area contributed by atoms with Crippen LogP contribution in [0.5, 0.6) is 0 Å². The fourth-order valence-electron chi connectivity index (χ4n) is 2.06. The first-order chi connectivity index (χ1) is 10.3. The fraction of sp³-hybridized carbons (Fsp3) is 0.0526. The molecule has 2 aromatic carbocycles. The Labute approximate surface area is 127 Å². The summed E-state index contributed by atoms with van der Waals surface area (Å²) >= 11 is 1.49. The van der Waals surface area contributed by atoms with E-state index in [0.717, 1.165) is 21.2 Å². The van der Waals surface area contributed by atoms with Gasteiger partial charge < -0.3 is 5.11 Å². The first kappa shape index (κ1) is 13.5. The van der Waals surface area contributed by atoms with Crippen molar-refractivity contribution < 1.29 is 5.11 Å². The van der Waals surface area contributed by atoms with Crippen molar-refractivity contribution in [3.05, 3.63) is 70.4 Å². The molecule has 1 N–H and O–H groups in total. The van der Waals surface area contributed by atoms with Gasteiger partial charge in [-0.3, -0.25) is 0 Å². The molecule has 0 saturated carbocycles. The highest BCUT2D eigenvalue weighted by atomic mass is 32.1. The number of fused-ring (bicyclic) bond motifs is 1. The summed E-state index contributed by atoms with van der Waals surface area (Å²) in [6.45, 7) is 0. The second kappa shape index (κ2) is 6.29. The van der Waals surface area contributed by atoms with E-state index < -0.39 is 6.10 Å². The van der Waals surface area contributed by atoms with E-state index in [9.17, 15) is 5.11 Å². The molecule has 2 heteroatoms. The highest BCUT2D eigenvalue weighted by Gasteiger charge is 2.02. The standard InChI is InChI=1S/C19H12OS/c20-18(19-13-6-14-21-19)12-4-2-8-16-10-5-9-15-7-1-3-11-17(15)16/h1,3,5-7,9-11,13-14,18,20H. The van der Waals surface area contributed by atoms with Crippen molar-refractivity contribution in [2.45, 2.75) is 6.10 Å². The highest BCUT2D eigenvalue weighted by Crippen LogP contribution is 2.18. The third-order valence-corrected chi connectivity index (χ3v) is 4.00. The van der Waals surface area contributed by atoms with Crippen molar-refractivity contribution in [2.24, 2.45) is 0 Å². The molecule has 0 aliphatic rings. The van der Waals surface area contributed by atoms with Crippen LogP contribution >= 0.6 is 11.3 Å². The summed E-state index contributed by atoms with van der Waals surface area (Å²) in [6, 6.07) is 17.9. The Morgan fingerprint density at radius 1 is 0.905 bits per heavy atom. The fourth-order valence-corrected chi connectivity index (χ4v) is 2.71. The summed E-state index contributed by atoms with van der Waals surface area (Å²) in [5.41, 5.74) is 0.952. The maximum Gasteiger partial charge on any atom is 0.150 e. The molecule has 1 atom stereocenters. The number of rotatable bonds is 1. The van der Waals surface area contributed by atoms with E-state index in [4.69, 9.17) is 0 Å². The quantitative estimate of drug-likeness (QED) is 0.671. The summed E-state index contributed by atoms with van der Waals surface area (Å²) in [7, 11) is 0. The molecule has 21 heavy (non-hydrogen) atoms. The first-order valence-electron chi connectivity index (χ1n) is 6.55. The summed E-state index contributed by atoms with van der Waals surface area (Å²) in [4.78, 5) is 0.842. The zero-order valence-corrected chi connectivity index (χ0v) is 12.0. The van der Waals surface area contributed by atoms with Crippen LogP contribution in [0.3, 0.4) is 0 Å². The van der Waals surface area contributed by atoms with Crippen molar-refractivity contribution in [3.8, 4) is 23.7 Å². The van der Waals surface area contributed by atoms with Crippen LogP contribution in [0.25, 0.3) is 10.8 Å². The maximum absolute atomic E-state index is 9.85. The minimum atomic E-state index is -0.758. The van der Waals surface area contributed by atoms with Crippen LogP contribution in [0.1, 0.15) is 16.5 Å². The van der Waals surface area contributed by atoms with Crippen LogP contribution in [0, 0.1) is 23.7 Å². The molecule has 100 valence electrons. The van der Waals surface area contributed by atoms with Crippen molar-refractivity contribution in [2.75, 3.05) is 0 Å². The molecule has 0 radical (unpaired) electrons. The van der Waals surface area contributed by atoms with Crippen molar-refractivity contribution in [1.29, 1.82) is 0 Å². The monoisotopic (exact) mass is 288 g/mol. The summed E-state index contributed by atoms with van der Waals surface area (Å²) < 4.78 is 0.